The Balaban J connectivity index is 2.23. The third-order valence-electron chi connectivity index (χ3n) is 3.63. The molecule has 1 N–H and O–H groups in total. The second kappa shape index (κ2) is 7.85. The molecule has 0 saturated heterocycles. The lowest BCUT2D eigenvalue weighted by atomic mass is 10.1. The first-order valence-corrected chi connectivity index (χ1v) is 7.42. The van der Waals surface area contributed by atoms with Crippen LogP contribution in [0.5, 0.6) is 5.75 Å². The van der Waals surface area contributed by atoms with Crippen molar-refractivity contribution in [2.24, 2.45) is 0 Å². The number of carbonyl (C=O) groups is 1. The number of benzene rings is 2. The van der Waals surface area contributed by atoms with Crippen LogP contribution in [-0.4, -0.2) is 13.0 Å². The van der Waals surface area contributed by atoms with Crippen molar-refractivity contribution in [3.8, 4) is 5.75 Å². The first-order valence-electron chi connectivity index (χ1n) is 7.42. The van der Waals surface area contributed by atoms with Crippen LogP contribution in [0.25, 0.3) is 0 Å². The number of rotatable bonds is 5. The Kier molecular flexibility index (Phi) is 5.97. The van der Waals surface area contributed by atoms with E-state index in [1.165, 1.54) is 7.11 Å². The van der Waals surface area contributed by atoms with Crippen LogP contribution in [0.15, 0.2) is 24.3 Å². The van der Waals surface area contributed by atoms with Crippen LogP contribution in [0.3, 0.4) is 0 Å². The maximum absolute atomic E-state index is 13.8. The molecule has 0 aliphatic rings. The van der Waals surface area contributed by atoms with Gasteiger partial charge in [-0.25, -0.2) is 17.6 Å². The monoisotopic (exact) mass is 395 g/mol. The maximum Gasteiger partial charge on any atom is 0.422 e. The number of hydrogen-bond donors (Lipinski definition) is 1. The number of anilines is 1. The van der Waals surface area contributed by atoms with E-state index in [2.05, 4.69) is 0 Å². The van der Waals surface area contributed by atoms with Crippen LogP contribution in [0.2, 0.25) is 0 Å². The molecule has 0 unspecified atom stereocenters. The van der Waals surface area contributed by atoms with Crippen molar-refractivity contribution < 1.29 is 40.3 Å². The zero-order valence-electron chi connectivity index (χ0n) is 13.7. The van der Waals surface area contributed by atoms with E-state index in [4.69, 9.17) is 4.74 Å². The lowest BCUT2D eigenvalue weighted by Crippen LogP contribution is -2.20. The topological polar surface area (TPSA) is 38.3 Å². The minimum absolute atomic E-state index is 0.0463. The molecule has 2 rings (SSSR count). The molecule has 27 heavy (non-hydrogen) atoms. The summed E-state index contributed by atoms with van der Waals surface area (Å²) < 4.78 is 97.2. The third kappa shape index (κ3) is 4.32. The van der Waals surface area contributed by atoms with Crippen molar-refractivity contribution in [3.63, 3.8) is 0 Å². The molecule has 0 fully saturated rings. The minimum Gasteiger partial charge on any atom is -0.496 e. The van der Waals surface area contributed by atoms with Gasteiger partial charge in [-0.1, -0.05) is 18.2 Å². The van der Waals surface area contributed by atoms with Crippen molar-refractivity contribution in [3.05, 3.63) is 58.7 Å². The van der Waals surface area contributed by atoms with Gasteiger partial charge in [-0.3, -0.25) is 4.79 Å². The molecule has 3 nitrogen and oxygen atoms in total. The Morgan fingerprint density at radius 3 is 2.07 bits per heavy atom. The molecule has 0 aliphatic carbocycles. The SMILES string of the molecule is COc1ccccc1CCC(=O)Nc1c(F)c(F)c(C(F)(F)F)c(F)c1F. The zero-order chi connectivity index (χ0) is 20.4. The van der Waals surface area contributed by atoms with E-state index in [9.17, 15) is 35.5 Å². The first-order chi connectivity index (χ1) is 12.6. The molecule has 2 aromatic rings. The van der Waals surface area contributed by atoms with Gasteiger partial charge in [0.1, 0.15) is 17.0 Å². The molecule has 146 valence electrons. The number of carbonyl (C=O) groups excluding carboxylic acids is 1. The number of halogens is 7. The van der Waals surface area contributed by atoms with Crippen LogP contribution >= 0.6 is 0 Å². The summed E-state index contributed by atoms with van der Waals surface area (Å²) in [6.07, 6.45) is -5.98. The molecule has 2 aromatic carbocycles. The molecular formula is C17H12F7NO2. The average molecular weight is 395 g/mol. The van der Waals surface area contributed by atoms with E-state index in [1.54, 1.807) is 29.6 Å². The Morgan fingerprint density at radius 2 is 1.56 bits per heavy atom. The molecule has 1 amide bonds. The summed E-state index contributed by atoms with van der Waals surface area (Å²) in [6, 6.07) is 6.54. The van der Waals surface area contributed by atoms with E-state index in [0.717, 1.165) is 0 Å². The summed E-state index contributed by atoms with van der Waals surface area (Å²) in [5.41, 5.74) is -3.76. The molecule has 0 atom stereocenters. The molecule has 0 heterocycles. The van der Waals surface area contributed by atoms with E-state index in [0.29, 0.717) is 11.3 Å². The first kappa shape index (κ1) is 20.5. The van der Waals surface area contributed by atoms with Gasteiger partial charge in [0.05, 0.1) is 7.11 Å². The second-order valence-corrected chi connectivity index (χ2v) is 5.36. The summed E-state index contributed by atoms with van der Waals surface area (Å²) in [7, 11) is 1.39. The highest BCUT2D eigenvalue weighted by Crippen LogP contribution is 2.38. The number of amides is 1. The lowest BCUT2D eigenvalue weighted by Gasteiger charge is -2.14. The molecule has 0 aromatic heterocycles. The van der Waals surface area contributed by atoms with E-state index < -0.39 is 46.6 Å². The molecular weight excluding hydrogens is 383 g/mol. The number of hydrogen-bond acceptors (Lipinski definition) is 2. The summed E-state index contributed by atoms with van der Waals surface area (Å²) in [6.45, 7) is 0. The van der Waals surface area contributed by atoms with Crippen molar-refractivity contribution in [2.75, 3.05) is 12.4 Å². The smallest absolute Gasteiger partial charge is 0.422 e. The Bertz CT molecular complexity index is 836. The van der Waals surface area contributed by atoms with Crippen LogP contribution in [0.4, 0.5) is 36.4 Å². The molecule has 0 radical (unpaired) electrons. The van der Waals surface area contributed by atoms with Gasteiger partial charge in [-0.05, 0) is 18.1 Å². The van der Waals surface area contributed by atoms with Gasteiger partial charge in [0, 0.05) is 6.42 Å². The predicted molar refractivity (Wildman–Crippen MR) is 81.2 cm³/mol. The zero-order valence-corrected chi connectivity index (χ0v) is 13.7. The quantitative estimate of drug-likeness (QED) is 0.581. The summed E-state index contributed by atoms with van der Waals surface area (Å²) in [5.74, 6) is -10.6. The van der Waals surface area contributed by atoms with E-state index >= 15 is 0 Å². The van der Waals surface area contributed by atoms with Gasteiger partial charge in [0.15, 0.2) is 23.3 Å². The highest BCUT2D eigenvalue weighted by molar-refractivity contribution is 5.91. The fraction of sp³-hybridized carbons (Fsp3) is 0.235. The maximum atomic E-state index is 13.8. The summed E-state index contributed by atoms with van der Waals surface area (Å²) >= 11 is 0. The van der Waals surface area contributed by atoms with Crippen molar-refractivity contribution in [1.82, 2.24) is 0 Å². The highest BCUT2D eigenvalue weighted by Gasteiger charge is 2.42. The number of nitrogens with one attached hydrogen (secondary N) is 1. The van der Waals surface area contributed by atoms with Gasteiger partial charge in [-0.2, -0.15) is 13.2 Å². The highest BCUT2D eigenvalue weighted by atomic mass is 19.4. The number of aryl methyl sites for hydroxylation is 1. The van der Waals surface area contributed by atoms with Crippen LogP contribution < -0.4 is 10.1 Å². The molecule has 10 heteroatoms. The second-order valence-electron chi connectivity index (χ2n) is 5.36. The van der Waals surface area contributed by atoms with E-state index in [1.807, 2.05) is 0 Å². The average Bonchev–Trinajstić information content (AvgIpc) is 2.61. The third-order valence-corrected chi connectivity index (χ3v) is 3.63. The fourth-order valence-corrected chi connectivity index (χ4v) is 2.35. The van der Waals surface area contributed by atoms with Crippen molar-refractivity contribution >= 4 is 11.6 Å². The number of ether oxygens (including phenoxy) is 1. The Hall–Kier alpha value is -2.78. The standard InChI is InChI=1S/C17H12F7NO2/c1-27-9-5-3-2-4-8(9)6-7-10(26)25-16-14(20)12(18)11(17(22,23)24)13(19)15(16)21/h2-5H,6-7H2,1H3,(H,25,26). The Labute approximate surface area is 148 Å². The van der Waals surface area contributed by atoms with Gasteiger partial charge >= 0.3 is 6.18 Å². The van der Waals surface area contributed by atoms with Gasteiger partial charge in [0.2, 0.25) is 5.91 Å². The number of alkyl halides is 3. The largest absolute Gasteiger partial charge is 0.496 e. The lowest BCUT2D eigenvalue weighted by molar-refractivity contribution is -0.143. The molecule has 0 bridgehead atoms. The molecule has 0 aliphatic heterocycles. The van der Waals surface area contributed by atoms with Crippen LogP contribution in [0.1, 0.15) is 17.5 Å². The van der Waals surface area contributed by atoms with Crippen LogP contribution in [0, 0.1) is 23.3 Å². The van der Waals surface area contributed by atoms with Gasteiger partial charge in [-0.15, -0.1) is 0 Å². The fourth-order valence-electron chi connectivity index (χ4n) is 2.35. The minimum atomic E-state index is -5.65. The molecule has 0 spiro atoms. The van der Waals surface area contributed by atoms with Crippen molar-refractivity contribution in [2.45, 2.75) is 19.0 Å². The molecule has 0 saturated carbocycles. The number of methoxy groups -OCH3 is 1. The van der Waals surface area contributed by atoms with Crippen LogP contribution in [-0.2, 0) is 17.4 Å². The van der Waals surface area contributed by atoms with Gasteiger partial charge < -0.3 is 10.1 Å². The van der Waals surface area contributed by atoms with Crippen molar-refractivity contribution in [1.29, 1.82) is 0 Å². The number of para-hydroxylation sites is 1. The Morgan fingerprint density at radius 1 is 1.00 bits per heavy atom. The predicted octanol–water partition coefficient (Wildman–Crippen LogP) is 4.84. The van der Waals surface area contributed by atoms with E-state index in [-0.39, 0.29) is 12.8 Å². The van der Waals surface area contributed by atoms with Gasteiger partial charge in [0.25, 0.3) is 0 Å². The summed E-state index contributed by atoms with van der Waals surface area (Å²) in [4.78, 5) is 11.8. The normalized spacial score (nSPS) is 11.4. The summed E-state index contributed by atoms with van der Waals surface area (Å²) in [5, 5.41) is 1.57.